The number of para-hydroxylation sites is 1. The van der Waals surface area contributed by atoms with Crippen LogP contribution in [0.25, 0.3) is 0 Å². The van der Waals surface area contributed by atoms with Gasteiger partial charge in [0.05, 0.1) is 18.8 Å². The molecule has 160 valence electrons. The Morgan fingerprint density at radius 3 is 2.71 bits per heavy atom. The Kier molecular flexibility index (Phi) is 6.18. The quantitative estimate of drug-likeness (QED) is 0.571. The number of carbonyl (C=O) groups is 1. The summed E-state index contributed by atoms with van der Waals surface area (Å²) in [6.07, 6.45) is 1.50. The molecule has 0 amide bonds. The molecule has 1 aliphatic heterocycles. The minimum Gasteiger partial charge on any atom is -0.454 e. The van der Waals surface area contributed by atoms with Crippen molar-refractivity contribution in [3.05, 3.63) is 59.5 Å². The zero-order chi connectivity index (χ0) is 21.6. The average molecular weight is 421 g/mol. The second-order valence-corrected chi connectivity index (χ2v) is 6.95. The highest BCUT2D eigenvalue weighted by atomic mass is 16.5. The number of ether oxygens (including phenoxy) is 2. The number of nitrogens with one attached hydrogen (secondary N) is 1. The number of anilines is 4. The number of esters is 1. The normalized spacial score (nSPS) is 13.6. The molecule has 1 aliphatic rings. The van der Waals surface area contributed by atoms with E-state index in [9.17, 15) is 4.79 Å². The van der Waals surface area contributed by atoms with E-state index in [1.807, 2.05) is 31.2 Å². The molecule has 10 heteroatoms. The van der Waals surface area contributed by atoms with Gasteiger partial charge in [0.2, 0.25) is 11.9 Å². The van der Waals surface area contributed by atoms with Crippen molar-refractivity contribution in [1.82, 2.24) is 19.9 Å². The molecule has 3 N–H and O–H groups in total. The third-order valence-corrected chi connectivity index (χ3v) is 4.74. The Bertz CT molecular complexity index is 1050. The summed E-state index contributed by atoms with van der Waals surface area (Å²) in [6, 6.07) is 11.2. The summed E-state index contributed by atoms with van der Waals surface area (Å²) < 4.78 is 10.7. The lowest BCUT2D eigenvalue weighted by Gasteiger charge is -2.27. The number of nitrogen functional groups attached to an aromatic ring is 1. The summed E-state index contributed by atoms with van der Waals surface area (Å²) in [5.74, 6) is 0.846. The van der Waals surface area contributed by atoms with Gasteiger partial charge >= 0.3 is 5.97 Å². The van der Waals surface area contributed by atoms with Crippen LogP contribution in [-0.2, 0) is 16.1 Å². The zero-order valence-corrected chi connectivity index (χ0v) is 17.1. The molecular weight excluding hydrogens is 398 g/mol. The van der Waals surface area contributed by atoms with Gasteiger partial charge in [0.1, 0.15) is 5.82 Å². The smallest absolute Gasteiger partial charge is 0.340 e. The molecule has 1 aromatic carbocycles. The van der Waals surface area contributed by atoms with Crippen LogP contribution in [0.3, 0.4) is 0 Å². The predicted octanol–water partition coefficient (Wildman–Crippen LogP) is 2.09. The van der Waals surface area contributed by atoms with Crippen molar-refractivity contribution < 1.29 is 14.3 Å². The zero-order valence-electron chi connectivity index (χ0n) is 17.1. The van der Waals surface area contributed by atoms with Crippen molar-refractivity contribution in [1.29, 1.82) is 0 Å². The minimum atomic E-state index is -0.520. The Balaban J connectivity index is 1.38. The lowest BCUT2D eigenvalue weighted by Crippen LogP contribution is -2.36. The maximum atomic E-state index is 12.4. The van der Waals surface area contributed by atoms with Gasteiger partial charge < -0.3 is 25.4 Å². The third kappa shape index (κ3) is 5.23. The van der Waals surface area contributed by atoms with E-state index in [0.717, 1.165) is 30.2 Å². The number of nitrogens with two attached hydrogens (primary N) is 1. The van der Waals surface area contributed by atoms with Gasteiger partial charge in [0.15, 0.2) is 12.4 Å². The Morgan fingerprint density at radius 2 is 1.97 bits per heavy atom. The molecule has 1 saturated heterocycles. The summed E-state index contributed by atoms with van der Waals surface area (Å²) in [4.78, 5) is 31.3. The number of morpholine rings is 1. The van der Waals surface area contributed by atoms with Crippen LogP contribution in [-0.4, -0.2) is 52.2 Å². The van der Waals surface area contributed by atoms with E-state index in [-0.39, 0.29) is 24.3 Å². The molecule has 0 atom stereocenters. The summed E-state index contributed by atoms with van der Waals surface area (Å²) in [6.45, 7) is 4.71. The molecule has 2 aromatic heterocycles. The van der Waals surface area contributed by atoms with Crippen molar-refractivity contribution in [3.8, 4) is 0 Å². The van der Waals surface area contributed by atoms with Gasteiger partial charge in [-0.15, -0.1) is 0 Å². The van der Waals surface area contributed by atoms with Crippen LogP contribution >= 0.6 is 0 Å². The monoisotopic (exact) mass is 421 g/mol. The summed E-state index contributed by atoms with van der Waals surface area (Å²) in [7, 11) is 0. The molecule has 0 unspecified atom stereocenters. The first-order chi connectivity index (χ1) is 15.1. The Hall–Kier alpha value is -3.79. The highest BCUT2D eigenvalue weighted by Gasteiger charge is 2.15. The predicted molar refractivity (Wildman–Crippen MR) is 115 cm³/mol. The van der Waals surface area contributed by atoms with Crippen molar-refractivity contribution in [2.45, 2.75) is 13.5 Å². The molecule has 0 saturated carbocycles. The Morgan fingerprint density at radius 1 is 1.16 bits per heavy atom. The topological polar surface area (TPSA) is 128 Å². The minimum absolute atomic E-state index is 0.0358. The van der Waals surface area contributed by atoms with Crippen LogP contribution in [0.5, 0.6) is 0 Å². The average Bonchev–Trinajstić information content (AvgIpc) is 2.79. The molecule has 3 aromatic rings. The van der Waals surface area contributed by atoms with Crippen LogP contribution < -0.4 is 16.0 Å². The van der Waals surface area contributed by atoms with Crippen molar-refractivity contribution in [2.24, 2.45) is 0 Å². The molecular formula is C21H23N7O3. The highest BCUT2D eigenvalue weighted by molar-refractivity contribution is 5.89. The number of aromatic nitrogens is 4. The first-order valence-electron chi connectivity index (χ1n) is 9.87. The van der Waals surface area contributed by atoms with Crippen molar-refractivity contribution in [3.63, 3.8) is 0 Å². The standard InChI is InChI=1S/C21H23N7O3/c1-14-4-2-3-5-16(14)24-21-26-17(25-20(22)27-21)13-31-19(29)15-6-7-18(23-12-15)28-8-10-30-11-9-28/h2-7,12H,8-11,13H2,1H3,(H3,22,24,25,26,27). The Labute approximate surface area is 179 Å². The number of benzene rings is 1. The summed E-state index contributed by atoms with van der Waals surface area (Å²) >= 11 is 0. The third-order valence-electron chi connectivity index (χ3n) is 4.74. The van der Waals surface area contributed by atoms with Gasteiger partial charge in [-0.25, -0.2) is 9.78 Å². The second kappa shape index (κ2) is 9.35. The highest BCUT2D eigenvalue weighted by Crippen LogP contribution is 2.18. The summed E-state index contributed by atoms with van der Waals surface area (Å²) in [5.41, 5.74) is 8.01. The molecule has 31 heavy (non-hydrogen) atoms. The second-order valence-electron chi connectivity index (χ2n) is 6.95. The first-order valence-corrected chi connectivity index (χ1v) is 9.87. The number of hydrogen-bond acceptors (Lipinski definition) is 10. The number of aryl methyl sites for hydroxylation is 1. The van der Waals surface area contributed by atoms with Crippen molar-refractivity contribution in [2.75, 3.05) is 42.3 Å². The van der Waals surface area contributed by atoms with Gasteiger partial charge in [0.25, 0.3) is 0 Å². The van der Waals surface area contributed by atoms with Crippen LogP contribution in [0.15, 0.2) is 42.6 Å². The lowest BCUT2D eigenvalue weighted by atomic mass is 10.2. The van der Waals surface area contributed by atoms with E-state index in [0.29, 0.717) is 18.8 Å². The van der Waals surface area contributed by atoms with Crippen LogP contribution in [0.1, 0.15) is 21.7 Å². The fraction of sp³-hybridized carbons (Fsp3) is 0.286. The molecule has 1 fully saturated rings. The number of carbonyl (C=O) groups excluding carboxylic acids is 1. The van der Waals surface area contributed by atoms with E-state index in [1.54, 1.807) is 12.1 Å². The van der Waals surface area contributed by atoms with Gasteiger partial charge in [-0.3, -0.25) is 0 Å². The number of hydrogen-bond donors (Lipinski definition) is 2. The van der Waals surface area contributed by atoms with Gasteiger partial charge in [-0.1, -0.05) is 18.2 Å². The van der Waals surface area contributed by atoms with Gasteiger partial charge in [-0.2, -0.15) is 15.0 Å². The SMILES string of the molecule is Cc1ccccc1Nc1nc(N)nc(COC(=O)c2ccc(N3CCOCC3)nc2)n1. The molecule has 3 heterocycles. The fourth-order valence-corrected chi connectivity index (χ4v) is 3.09. The number of nitrogens with zero attached hydrogens (tertiary/aromatic N) is 5. The van der Waals surface area contributed by atoms with E-state index in [1.165, 1.54) is 6.20 Å². The van der Waals surface area contributed by atoms with Gasteiger partial charge in [-0.05, 0) is 30.7 Å². The maximum absolute atomic E-state index is 12.4. The molecule has 4 rings (SSSR count). The molecule has 0 radical (unpaired) electrons. The molecule has 0 aliphatic carbocycles. The van der Waals surface area contributed by atoms with E-state index in [4.69, 9.17) is 15.2 Å². The van der Waals surface area contributed by atoms with Crippen LogP contribution in [0.2, 0.25) is 0 Å². The number of rotatable bonds is 6. The van der Waals surface area contributed by atoms with Crippen LogP contribution in [0.4, 0.5) is 23.4 Å². The fourth-order valence-electron chi connectivity index (χ4n) is 3.09. The van der Waals surface area contributed by atoms with Crippen LogP contribution in [0, 0.1) is 6.92 Å². The van der Waals surface area contributed by atoms with E-state index in [2.05, 4.69) is 30.2 Å². The summed E-state index contributed by atoms with van der Waals surface area (Å²) in [5, 5.41) is 3.10. The lowest BCUT2D eigenvalue weighted by molar-refractivity contribution is 0.0461. The largest absolute Gasteiger partial charge is 0.454 e. The van der Waals surface area contributed by atoms with Gasteiger partial charge in [0, 0.05) is 25.0 Å². The van der Waals surface area contributed by atoms with E-state index >= 15 is 0 Å². The maximum Gasteiger partial charge on any atom is 0.340 e. The molecule has 0 spiro atoms. The van der Waals surface area contributed by atoms with Crippen molar-refractivity contribution >= 4 is 29.4 Å². The number of pyridine rings is 1. The molecule has 10 nitrogen and oxygen atoms in total. The molecule has 0 bridgehead atoms. The van der Waals surface area contributed by atoms with E-state index < -0.39 is 5.97 Å². The first kappa shape index (κ1) is 20.5.